The van der Waals surface area contributed by atoms with Crippen molar-refractivity contribution in [3.8, 4) is 5.75 Å². The van der Waals surface area contributed by atoms with Crippen molar-refractivity contribution in [3.05, 3.63) is 53.6 Å². The Hall–Kier alpha value is -2.01. The van der Waals surface area contributed by atoms with E-state index in [-0.39, 0.29) is 10.9 Å². The molecular weight excluding hydrogens is 310 g/mol. The normalized spacial score (nSPS) is 17.2. The van der Waals surface area contributed by atoms with Crippen molar-refractivity contribution in [2.45, 2.75) is 37.6 Å². The largest absolute Gasteiger partial charge is 0.495 e. The zero-order chi connectivity index (χ0) is 16.6. The number of ether oxygens (including phenoxy) is 1. The first kappa shape index (κ1) is 15.9. The highest BCUT2D eigenvalue weighted by Crippen LogP contribution is 2.38. The highest BCUT2D eigenvalue weighted by Gasteiger charge is 2.37. The molecule has 0 spiro atoms. The van der Waals surface area contributed by atoms with Crippen LogP contribution in [0.3, 0.4) is 0 Å². The molecule has 1 aliphatic rings. The van der Waals surface area contributed by atoms with Gasteiger partial charge in [-0.15, -0.1) is 0 Å². The zero-order valence-corrected chi connectivity index (χ0v) is 14.4. The molecule has 4 nitrogen and oxygen atoms in total. The van der Waals surface area contributed by atoms with E-state index in [1.165, 1.54) is 11.4 Å². The number of rotatable bonds is 4. The van der Waals surface area contributed by atoms with E-state index in [1.54, 1.807) is 12.1 Å². The van der Waals surface area contributed by atoms with Crippen LogP contribution in [0.2, 0.25) is 0 Å². The van der Waals surface area contributed by atoms with Crippen LogP contribution < -0.4 is 9.04 Å². The number of aryl methyl sites for hydroxylation is 1. The molecule has 0 bridgehead atoms. The van der Waals surface area contributed by atoms with Crippen LogP contribution in [0.5, 0.6) is 5.75 Å². The minimum atomic E-state index is -3.67. The summed E-state index contributed by atoms with van der Waals surface area (Å²) in [4.78, 5) is 0.239. The maximum atomic E-state index is 13.3. The second kappa shape index (κ2) is 5.89. The van der Waals surface area contributed by atoms with E-state index >= 15 is 0 Å². The van der Waals surface area contributed by atoms with Gasteiger partial charge in [0.05, 0.1) is 12.8 Å². The number of nitrogens with zero attached hydrogens (tertiary/aromatic N) is 1. The average molecular weight is 331 g/mol. The van der Waals surface area contributed by atoms with Crippen LogP contribution in [0.25, 0.3) is 0 Å². The first-order valence-electron chi connectivity index (χ1n) is 7.78. The van der Waals surface area contributed by atoms with Crippen LogP contribution in [0.15, 0.2) is 47.4 Å². The third-order valence-electron chi connectivity index (χ3n) is 4.32. The summed E-state index contributed by atoms with van der Waals surface area (Å²) in [5.74, 6) is 0.388. The summed E-state index contributed by atoms with van der Waals surface area (Å²) < 4.78 is 33.4. The molecule has 23 heavy (non-hydrogen) atoms. The third kappa shape index (κ3) is 2.59. The fourth-order valence-corrected chi connectivity index (χ4v) is 5.06. The number of methoxy groups -OCH3 is 1. The Balaban J connectivity index is 2.16. The lowest BCUT2D eigenvalue weighted by molar-refractivity contribution is 0.402. The average Bonchev–Trinajstić information content (AvgIpc) is 2.90. The lowest BCUT2D eigenvalue weighted by atomic mass is 10.1. The number of anilines is 1. The van der Waals surface area contributed by atoms with E-state index in [0.29, 0.717) is 5.75 Å². The van der Waals surface area contributed by atoms with Gasteiger partial charge in [-0.2, -0.15) is 0 Å². The Morgan fingerprint density at radius 1 is 1.22 bits per heavy atom. The van der Waals surface area contributed by atoms with E-state index < -0.39 is 10.0 Å². The van der Waals surface area contributed by atoms with Crippen LogP contribution >= 0.6 is 0 Å². The molecule has 0 aromatic heterocycles. The molecule has 0 fully saturated rings. The molecule has 0 unspecified atom stereocenters. The quantitative estimate of drug-likeness (QED) is 0.863. The molecule has 3 rings (SSSR count). The van der Waals surface area contributed by atoms with Gasteiger partial charge >= 0.3 is 0 Å². The molecule has 1 aliphatic heterocycles. The van der Waals surface area contributed by atoms with Gasteiger partial charge in [-0.25, -0.2) is 8.42 Å². The summed E-state index contributed by atoms with van der Waals surface area (Å²) in [6.45, 7) is 3.94. The molecule has 122 valence electrons. The first-order valence-corrected chi connectivity index (χ1v) is 9.22. The predicted molar refractivity (Wildman–Crippen MR) is 91.6 cm³/mol. The standard InChI is InChI=1S/C18H21NO3S/c1-4-14-9-10-17(22-3)18(12-14)23(20,21)19-13(2)11-15-7-5-6-8-16(15)19/h5-10,12-13H,4,11H2,1-3H3/t13-/m1/s1. The first-order chi connectivity index (χ1) is 11.0. The molecule has 0 saturated carbocycles. The molecule has 2 aromatic carbocycles. The van der Waals surface area contributed by atoms with Crippen molar-refractivity contribution in [1.82, 2.24) is 0 Å². The van der Waals surface area contributed by atoms with E-state index in [0.717, 1.165) is 29.7 Å². The van der Waals surface area contributed by atoms with Crippen LogP contribution in [-0.4, -0.2) is 21.6 Å². The van der Waals surface area contributed by atoms with E-state index in [1.807, 2.05) is 44.2 Å². The van der Waals surface area contributed by atoms with Gasteiger partial charge in [0, 0.05) is 6.04 Å². The summed E-state index contributed by atoms with van der Waals surface area (Å²) in [7, 11) is -2.17. The summed E-state index contributed by atoms with van der Waals surface area (Å²) in [5.41, 5.74) is 2.81. The maximum absolute atomic E-state index is 13.3. The van der Waals surface area contributed by atoms with Gasteiger partial charge < -0.3 is 4.74 Å². The molecule has 0 radical (unpaired) electrons. The number of para-hydroxylation sites is 1. The van der Waals surface area contributed by atoms with Crippen molar-refractivity contribution in [2.75, 3.05) is 11.4 Å². The number of sulfonamides is 1. The van der Waals surface area contributed by atoms with Gasteiger partial charge in [-0.1, -0.05) is 31.2 Å². The van der Waals surface area contributed by atoms with Gasteiger partial charge in [0.15, 0.2) is 0 Å². The smallest absolute Gasteiger partial charge is 0.268 e. The number of benzene rings is 2. The maximum Gasteiger partial charge on any atom is 0.268 e. The number of fused-ring (bicyclic) bond motifs is 1. The second-order valence-electron chi connectivity index (χ2n) is 5.82. The zero-order valence-electron chi connectivity index (χ0n) is 13.6. The summed E-state index contributed by atoms with van der Waals surface area (Å²) >= 11 is 0. The molecule has 0 saturated heterocycles. The Morgan fingerprint density at radius 3 is 2.65 bits per heavy atom. The summed E-state index contributed by atoms with van der Waals surface area (Å²) in [6.07, 6.45) is 1.50. The lowest BCUT2D eigenvalue weighted by Gasteiger charge is -2.25. The second-order valence-corrected chi connectivity index (χ2v) is 7.60. The molecule has 0 N–H and O–H groups in total. The van der Waals surface area contributed by atoms with Crippen molar-refractivity contribution in [2.24, 2.45) is 0 Å². The monoisotopic (exact) mass is 331 g/mol. The molecular formula is C18H21NO3S. The molecule has 1 heterocycles. The van der Waals surface area contributed by atoms with Crippen molar-refractivity contribution >= 4 is 15.7 Å². The van der Waals surface area contributed by atoms with Gasteiger partial charge in [0.25, 0.3) is 10.0 Å². The van der Waals surface area contributed by atoms with Crippen LogP contribution in [0, 0.1) is 0 Å². The highest BCUT2D eigenvalue weighted by molar-refractivity contribution is 7.93. The minimum absolute atomic E-state index is 0.104. The Bertz CT molecular complexity index is 830. The molecule has 0 amide bonds. The fraction of sp³-hybridized carbons (Fsp3) is 0.333. The molecule has 1 atom stereocenters. The molecule has 0 aliphatic carbocycles. The lowest BCUT2D eigenvalue weighted by Crippen LogP contribution is -2.36. The topological polar surface area (TPSA) is 46.6 Å². The van der Waals surface area contributed by atoms with Crippen LogP contribution in [0.1, 0.15) is 25.0 Å². The van der Waals surface area contributed by atoms with E-state index in [9.17, 15) is 8.42 Å². The summed E-state index contributed by atoms with van der Waals surface area (Å²) in [6, 6.07) is 12.9. The Kier molecular flexibility index (Phi) is 4.06. The van der Waals surface area contributed by atoms with Crippen molar-refractivity contribution in [1.29, 1.82) is 0 Å². The predicted octanol–water partition coefficient (Wildman–Crippen LogP) is 3.40. The number of hydrogen-bond acceptors (Lipinski definition) is 3. The van der Waals surface area contributed by atoms with Gasteiger partial charge in [0.2, 0.25) is 0 Å². The third-order valence-corrected chi connectivity index (χ3v) is 6.27. The van der Waals surface area contributed by atoms with Crippen LogP contribution in [0.4, 0.5) is 5.69 Å². The fourth-order valence-electron chi connectivity index (χ4n) is 3.15. The molecule has 2 aromatic rings. The Labute approximate surface area is 137 Å². The van der Waals surface area contributed by atoms with Crippen molar-refractivity contribution in [3.63, 3.8) is 0 Å². The van der Waals surface area contributed by atoms with Gasteiger partial charge in [-0.05, 0) is 49.1 Å². The number of hydrogen-bond donors (Lipinski definition) is 0. The van der Waals surface area contributed by atoms with Gasteiger partial charge in [-0.3, -0.25) is 4.31 Å². The summed E-state index contributed by atoms with van der Waals surface area (Å²) in [5, 5.41) is 0. The molecule has 5 heteroatoms. The van der Waals surface area contributed by atoms with Gasteiger partial charge in [0.1, 0.15) is 10.6 Å². The minimum Gasteiger partial charge on any atom is -0.495 e. The SMILES string of the molecule is CCc1ccc(OC)c(S(=O)(=O)N2c3ccccc3C[C@H]2C)c1. The van der Waals surface area contributed by atoms with E-state index in [2.05, 4.69) is 0 Å². The Morgan fingerprint density at radius 2 is 1.96 bits per heavy atom. The van der Waals surface area contributed by atoms with Crippen molar-refractivity contribution < 1.29 is 13.2 Å². The highest BCUT2D eigenvalue weighted by atomic mass is 32.2. The van der Waals surface area contributed by atoms with Crippen LogP contribution in [-0.2, 0) is 22.9 Å². The van der Waals surface area contributed by atoms with E-state index in [4.69, 9.17) is 4.74 Å².